The molecule has 2 heterocycles. The lowest BCUT2D eigenvalue weighted by atomic mass is 10.0. The van der Waals surface area contributed by atoms with Gasteiger partial charge < -0.3 is 20.7 Å². The highest BCUT2D eigenvalue weighted by molar-refractivity contribution is 6.30. The van der Waals surface area contributed by atoms with Crippen molar-refractivity contribution in [2.45, 2.75) is 64.0 Å². The molecule has 9 nitrogen and oxygen atoms in total. The molecular weight excluding hydrogens is 548 g/mol. The lowest BCUT2D eigenvalue weighted by molar-refractivity contribution is -0.157. The van der Waals surface area contributed by atoms with Crippen molar-refractivity contribution in [3.05, 3.63) is 63.7 Å². The summed E-state index contributed by atoms with van der Waals surface area (Å²) in [6, 6.07) is 0.219. The fourth-order valence-electron chi connectivity index (χ4n) is 3.99. The van der Waals surface area contributed by atoms with E-state index in [1.165, 1.54) is 12.1 Å². The van der Waals surface area contributed by atoms with E-state index in [0.29, 0.717) is 6.07 Å². The fraction of sp³-hybridized carbons (Fsp3) is 0.400. The highest BCUT2D eigenvalue weighted by atomic mass is 35.5. The first-order chi connectivity index (χ1) is 18.0. The molecule has 2 aromatic rings. The molecule has 3 rings (SSSR count). The van der Waals surface area contributed by atoms with Gasteiger partial charge in [-0.1, -0.05) is 11.6 Å². The van der Waals surface area contributed by atoms with Gasteiger partial charge in [0.2, 0.25) is 5.91 Å². The number of hydrogen-bond acceptors (Lipinski definition) is 6. The van der Waals surface area contributed by atoms with Crippen LogP contribution in [0.1, 0.15) is 71.6 Å². The van der Waals surface area contributed by atoms with Gasteiger partial charge >= 0.3 is 12.1 Å². The Balaban J connectivity index is 1.79. The van der Waals surface area contributed by atoms with Gasteiger partial charge in [-0.25, -0.2) is 4.39 Å². The van der Waals surface area contributed by atoms with Gasteiger partial charge in [0.05, 0.1) is 5.02 Å². The average Bonchev–Trinajstić information content (AvgIpc) is 3.11. The molecule has 0 bridgehead atoms. The van der Waals surface area contributed by atoms with Crippen molar-refractivity contribution in [3.8, 4) is 0 Å². The zero-order valence-corrected chi connectivity index (χ0v) is 21.8. The van der Waals surface area contributed by atoms with E-state index in [4.69, 9.17) is 22.1 Å². The molecule has 39 heavy (non-hydrogen) atoms. The number of carbonyl (C=O) groups is 4. The largest absolute Gasteiger partial charge is 0.460 e. The monoisotopic (exact) mass is 572 g/mol. The summed E-state index contributed by atoms with van der Waals surface area (Å²) in [5.41, 5.74) is 3.75. The van der Waals surface area contributed by atoms with Gasteiger partial charge in [-0.3, -0.25) is 24.2 Å². The predicted octanol–water partition coefficient (Wildman–Crippen LogP) is 3.84. The molecule has 3 amide bonds. The van der Waals surface area contributed by atoms with Gasteiger partial charge in [0.15, 0.2) is 6.04 Å². The summed E-state index contributed by atoms with van der Waals surface area (Å²) < 4.78 is 60.4. The van der Waals surface area contributed by atoms with E-state index >= 15 is 0 Å². The molecule has 3 N–H and O–H groups in total. The minimum atomic E-state index is -5.09. The number of nitrogens with one attached hydrogen (secondary N) is 1. The van der Waals surface area contributed by atoms with Crippen LogP contribution in [0.25, 0.3) is 0 Å². The molecule has 0 aliphatic carbocycles. The Labute approximate surface area is 225 Å². The normalized spacial score (nSPS) is 15.0. The molecular formula is C25H25ClF4N4O5. The Kier molecular flexibility index (Phi) is 8.53. The predicted molar refractivity (Wildman–Crippen MR) is 130 cm³/mol. The Morgan fingerprint density at radius 1 is 1.21 bits per heavy atom. The summed E-state index contributed by atoms with van der Waals surface area (Å²) in [4.78, 5) is 54.4. The van der Waals surface area contributed by atoms with Crippen molar-refractivity contribution < 1.29 is 41.5 Å². The number of aromatic nitrogens is 1. The Bertz CT molecular complexity index is 1310. The molecule has 0 fully saturated rings. The zero-order chi connectivity index (χ0) is 29.3. The first-order valence-electron chi connectivity index (χ1n) is 11.6. The third-order valence-electron chi connectivity index (χ3n) is 5.66. The second-order valence-corrected chi connectivity index (χ2v) is 10.3. The van der Waals surface area contributed by atoms with E-state index in [1.807, 2.05) is 0 Å². The van der Waals surface area contributed by atoms with Gasteiger partial charge in [-0.05, 0) is 57.0 Å². The number of esters is 1. The zero-order valence-electron chi connectivity index (χ0n) is 21.1. The van der Waals surface area contributed by atoms with Gasteiger partial charge in [0.25, 0.3) is 11.8 Å². The van der Waals surface area contributed by atoms with Gasteiger partial charge in [0.1, 0.15) is 23.2 Å². The topological polar surface area (TPSA) is 132 Å². The van der Waals surface area contributed by atoms with Crippen LogP contribution in [0.5, 0.6) is 0 Å². The molecule has 1 aliphatic rings. The number of ether oxygens (including phenoxy) is 1. The van der Waals surface area contributed by atoms with Crippen LogP contribution in [0.3, 0.4) is 0 Å². The number of hydrogen-bond donors (Lipinski definition) is 2. The van der Waals surface area contributed by atoms with Crippen LogP contribution in [0.4, 0.5) is 17.6 Å². The maximum Gasteiger partial charge on any atom is 0.414 e. The number of nitrogens with two attached hydrogens (primary N) is 1. The van der Waals surface area contributed by atoms with E-state index in [1.54, 1.807) is 26.1 Å². The highest BCUT2D eigenvalue weighted by Crippen LogP contribution is 2.34. The number of benzene rings is 1. The SMILES string of the molecule is CC(C)(C)OC(=O)CCC(C(N)=O)N1Cc2cc(C(=O)N[C@H](c3ncc(Cl)cc3F)C(F)(F)F)ccc2C1=O. The number of nitrogens with zero attached hydrogens (tertiary/aromatic N) is 2. The molecule has 1 aromatic heterocycles. The van der Waals surface area contributed by atoms with Crippen LogP contribution < -0.4 is 11.1 Å². The number of fused-ring (bicyclic) bond motifs is 1. The molecule has 2 atom stereocenters. The van der Waals surface area contributed by atoms with Crippen molar-refractivity contribution in [1.29, 1.82) is 0 Å². The van der Waals surface area contributed by atoms with Gasteiger partial charge in [-0.2, -0.15) is 13.2 Å². The smallest absolute Gasteiger partial charge is 0.414 e. The summed E-state index contributed by atoms with van der Waals surface area (Å²) in [5.74, 6) is -4.64. The van der Waals surface area contributed by atoms with Gasteiger partial charge in [-0.15, -0.1) is 0 Å². The summed E-state index contributed by atoms with van der Waals surface area (Å²) in [5, 5.41) is 1.50. The third-order valence-corrected chi connectivity index (χ3v) is 5.87. The van der Waals surface area contributed by atoms with E-state index < -0.39 is 59.1 Å². The Morgan fingerprint density at radius 3 is 2.44 bits per heavy atom. The van der Waals surface area contributed by atoms with Crippen molar-refractivity contribution in [3.63, 3.8) is 0 Å². The molecule has 210 valence electrons. The van der Waals surface area contributed by atoms with E-state index in [-0.39, 0.29) is 41.1 Å². The number of primary amides is 1. The van der Waals surface area contributed by atoms with Crippen LogP contribution in [0.15, 0.2) is 30.5 Å². The summed E-state index contributed by atoms with van der Waals surface area (Å²) in [7, 11) is 0. The molecule has 0 spiro atoms. The molecule has 1 aliphatic heterocycles. The minimum absolute atomic E-state index is 0.104. The Morgan fingerprint density at radius 2 is 1.87 bits per heavy atom. The maximum absolute atomic E-state index is 14.2. The lowest BCUT2D eigenvalue weighted by Crippen LogP contribution is -2.45. The Hall–Kier alpha value is -3.74. The third kappa shape index (κ3) is 7.22. The second kappa shape index (κ2) is 11.2. The number of pyridine rings is 1. The summed E-state index contributed by atoms with van der Waals surface area (Å²) >= 11 is 5.56. The number of halogens is 5. The van der Waals surface area contributed by atoms with Crippen molar-refractivity contribution >= 4 is 35.3 Å². The molecule has 0 saturated heterocycles. The molecule has 1 aromatic carbocycles. The minimum Gasteiger partial charge on any atom is -0.460 e. The van der Waals surface area contributed by atoms with Crippen molar-refractivity contribution in [1.82, 2.24) is 15.2 Å². The standard InChI is InChI=1S/C25H25ClF4N4O5/c1-24(2,3)39-18(35)7-6-17(21(31)36)34-11-13-8-12(4-5-15(13)23(34)38)22(37)33-20(25(28,29)30)19-16(27)9-14(26)10-32-19/h4-5,8-10,17,20H,6-7,11H2,1-3H3,(H2,31,36)(H,33,37)/t17?,20-/m1/s1. The number of rotatable bonds is 8. The molecule has 1 unspecified atom stereocenters. The second-order valence-electron chi connectivity index (χ2n) is 9.82. The van der Waals surface area contributed by atoms with Crippen LogP contribution in [-0.4, -0.2) is 51.4 Å². The van der Waals surface area contributed by atoms with Crippen LogP contribution >= 0.6 is 11.6 Å². The van der Waals surface area contributed by atoms with Crippen molar-refractivity contribution in [2.24, 2.45) is 5.73 Å². The van der Waals surface area contributed by atoms with E-state index in [9.17, 15) is 36.7 Å². The number of carbonyl (C=O) groups excluding carboxylic acids is 4. The molecule has 14 heteroatoms. The molecule has 0 saturated carbocycles. The molecule has 0 radical (unpaired) electrons. The lowest BCUT2D eigenvalue weighted by Gasteiger charge is -2.25. The summed E-state index contributed by atoms with van der Waals surface area (Å²) in [6.07, 6.45) is -4.60. The van der Waals surface area contributed by atoms with Crippen LogP contribution in [-0.2, 0) is 20.9 Å². The van der Waals surface area contributed by atoms with E-state index in [0.717, 1.165) is 17.2 Å². The first kappa shape index (κ1) is 29.8. The van der Waals surface area contributed by atoms with Crippen LogP contribution in [0.2, 0.25) is 5.02 Å². The first-order valence-corrected chi connectivity index (χ1v) is 12.0. The van der Waals surface area contributed by atoms with Crippen molar-refractivity contribution in [2.75, 3.05) is 0 Å². The van der Waals surface area contributed by atoms with Crippen LogP contribution in [0, 0.1) is 5.82 Å². The quantitative estimate of drug-likeness (QED) is 0.365. The fourth-order valence-corrected chi connectivity index (χ4v) is 4.14. The van der Waals surface area contributed by atoms with Gasteiger partial charge in [0, 0.05) is 30.3 Å². The summed E-state index contributed by atoms with van der Waals surface area (Å²) in [6.45, 7) is 4.83. The van der Waals surface area contributed by atoms with E-state index in [2.05, 4.69) is 4.98 Å². The average molecular weight is 573 g/mol. The maximum atomic E-state index is 14.2. The highest BCUT2D eigenvalue weighted by Gasteiger charge is 2.45. The number of amides is 3. The number of alkyl halides is 3.